The van der Waals surface area contributed by atoms with Crippen LogP contribution in [0.3, 0.4) is 0 Å². The van der Waals surface area contributed by atoms with Crippen molar-refractivity contribution in [1.29, 1.82) is 0 Å². The van der Waals surface area contributed by atoms with E-state index < -0.39 is 0 Å². The molecular weight excluding hydrogens is 324 g/mol. The number of para-hydroxylation sites is 1. The molecule has 2 bridgehead atoms. The van der Waals surface area contributed by atoms with Crippen LogP contribution in [0.1, 0.15) is 32.6 Å². The first-order valence-electron chi connectivity index (χ1n) is 8.36. The number of fused-ring (bicyclic) bond motifs is 2. The molecule has 1 aromatic carbocycles. The summed E-state index contributed by atoms with van der Waals surface area (Å²) in [6.07, 6.45) is 3.41. The van der Waals surface area contributed by atoms with Gasteiger partial charge >= 0.3 is 5.97 Å². The number of anilines is 1. The highest BCUT2D eigenvalue weighted by molar-refractivity contribution is 7.80. The van der Waals surface area contributed by atoms with Crippen LogP contribution in [0.15, 0.2) is 30.3 Å². The molecule has 3 rings (SSSR count). The minimum absolute atomic E-state index is 0.00747. The maximum atomic E-state index is 12.5. The van der Waals surface area contributed by atoms with Gasteiger partial charge in [0.15, 0.2) is 5.11 Å². The molecule has 128 valence electrons. The molecule has 24 heavy (non-hydrogen) atoms. The average molecular weight is 346 g/mol. The molecule has 1 N–H and O–H groups in total. The Morgan fingerprint density at radius 1 is 1.33 bits per heavy atom. The fourth-order valence-electron chi connectivity index (χ4n) is 3.74. The van der Waals surface area contributed by atoms with Crippen LogP contribution in [0, 0.1) is 5.92 Å². The van der Waals surface area contributed by atoms with E-state index in [0.717, 1.165) is 24.9 Å². The lowest BCUT2D eigenvalue weighted by Gasteiger charge is -2.50. The Hall–Kier alpha value is -1.95. The van der Waals surface area contributed by atoms with Gasteiger partial charge < -0.3 is 15.0 Å². The Balaban J connectivity index is 1.76. The molecule has 2 aliphatic heterocycles. The third-order valence-corrected chi connectivity index (χ3v) is 5.14. The molecule has 2 fully saturated rings. The smallest absolute Gasteiger partial charge is 0.302 e. The maximum Gasteiger partial charge on any atom is 0.302 e. The fraction of sp³-hybridized carbons (Fsp3) is 0.500. The molecule has 0 aliphatic carbocycles. The molecule has 2 aliphatic rings. The summed E-state index contributed by atoms with van der Waals surface area (Å²) in [7, 11) is 0. The Kier molecular flexibility index (Phi) is 5.14. The first-order valence-corrected chi connectivity index (χ1v) is 8.77. The van der Waals surface area contributed by atoms with Gasteiger partial charge in [-0.25, -0.2) is 0 Å². The largest absolute Gasteiger partial charge is 0.465 e. The van der Waals surface area contributed by atoms with Gasteiger partial charge in [-0.3, -0.25) is 9.59 Å². The number of rotatable bonds is 3. The summed E-state index contributed by atoms with van der Waals surface area (Å²) >= 11 is 5.63. The standard InChI is InChI=1S/C18H22N2O3S/c1-12(21)23-11-15-16-9-5-8-14(10-17(15)22)20(16)18(24)19-13-6-3-2-4-7-13/h2-4,6-7,14-16H,5,8-11H2,1H3,(H,19,24)/t14-,15+,16+/m1/s1. The predicted octanol–water partition coefficient (Wildman–Crippen LogP) is 2.76. The molecule has 2 heterocycles. The third kappa shape index (κ3) is 3.59. The predicted molar refractivity (Wildman–Crippen MR) is 95.7 cm³/mol. The fourth-order valence-corrected chi connectivity index (χ4v) is 4.14. The number of hydrogen-bond acceptors (Lipinski definition) is 4. The van der Waals surface area contributed by atoms with Crippen molar-refractivity contribution in [3.05, 3.63) is 30.3 Å². The van der Waals surface area contributed by atoms with E-state index in [-0.39, 0.29) is 36.4 Å². The van der Waals surface area contributed by atoms with Crippen LogP contribution in [0.2, 0.25) is 0 Å². The zero-order chi connectivity index (χ0) is 17.1. The van der Waals surface area contributed by atoms with Crippen molar-refractivity contribution in [2.24, 2.45) is 5.92 Å². The van der Waals surface area contributed by atoms with Gasteiger partial charge in [0.05, 0.1) is 5.92 Å². The van der Waals surface area contributed by atoms with Crippen molar-refractivity contribution in [2.75, 3.05) is 11.9 Å². The lowest BCUT2D eigenvalue weighted by atomic mass is 9.77. The molecule has 3 atom stereocenters. The van der Waals surface area contributed by atoms with Crippen LogP contribution in [0.4, 0.5) is 5.69 Å². The van der Waals surface area contributed by atoms with Gasteiger partial charge in [-0.05, 0) is 43.6 Å². The Morgan fingerprint density at radius 2 is 2.08 bits per heavy atom. The minimum atomic E-state index is -0.350. The van der Waals surface area contributed by atoms with Gasteiger partial charge in [-0.1, -0.05) is 18.2 Å². The van der Waals surface area contributed by atoms with Gasteiger partial charge in [0, 0.05) is 31.1 Å². The molecular formula is C18H22N2O3S. The number of thiocarbonyl (C=S) groups is 1. The average Bonchev–Trinajstić information content (AvgIpc) is 2.54. The highest BCUT2D eigenvalue weighted by Gasteiger charge is 2.45. The van der Waals surface area contributed by atoms with Crippen molar-refractivity contribution in [3.8, 4) is 0 Å². The lowest BCUT2D eigenvalue weighted by Crippen LogP contribution is -2.61. The summed E-state index contributed by atoms with van der Waals surface area (Å²) in [4.78, 5) is 25.8. The molecule has 0 spiro atoms. The first-order chi connectivity index (χ1) is 11.6. The van der Waals surface area contributed by atoms with Gasteiger partial charge in [-0.15, -0.1) is 0 Å². The lowest BCUT2D eigenvalue weighted by molar-refractivity contribution is -0.147. The molecule has 0 aromatic heterocycles. The second kappa shape index (κ2) is 7.30. The number of carbonyl (C=O) groups is 2. The number of piperidine rings is 2. The monoisotopic (exact) mass is 346 g/mol. The summed E-state index contributed by atoms with van der Waals surface area (Å²) in [5, 5.41) is 3.93. The van der Waals surface area contributed by atoms with E-state index in [2.05, 4.69) is 10.2 Å². The second-order valence-corrected chi connectivity index (χ2v) is 6.82. The number of benzene rings is 1. The van der Waals surface area contributed by atoms with Gasteiger partial charge in [0.1, 0.15) is 12.4 Å². The van der Waals surface area contributed by atoms with E-state index in [4.69, 9.17) is 17.0 Å². The molecule has 0 saturated carbocycles. The number of nitrogens with one attached hydrogen (secondary N) is 1. The van der Waals surface area contributed by atoms with E-state index in [0.29, 0.717) is 11.5 Å². The van der Waals surface area contributed by atoms with Crippen molar-refractivity contribution >= 4 is 34.8 Å². The highest BCUT2D eigenvalue weighted by Crippen LogP contribution is 2.36. The number of ketones is 1. The molecule has 0 unspecified atom stereocenters. The van der Waals surface area contributed by atoms with Crippen molar-refractivity contribution < 1.29 is 14.3 Å². The summed E-state index contributed by atoms with van der Waals surface area (Å²) in [6, 6.07) is 9.95. The summed E-state index contributed by atoms with van der Waals surface area (Å²) in [6.45, 7) is 1.52. The molecule has 1 aromatic rings. The van der Waals surface area contributed by atoms with Crippen LogP contribution >= 0.6 is 12.2 Å². The highest BCUT2D eigenvalue weighted by atomic mass is 32.1. The van der Waals surface area contributed by atoms with E-state index >= 15 is 0 Å². The van der Waals surface area contributed by atoms with Crippen LogP contribution < -0.4 is 5.32 Å². The van der Waals surface area contributed by atoms with Crippen LogP contribution in [-0.2, 0) is 14.3 Å². The van der Waals surface area contributed by atoms with Crippen LogP contribution in [0.5, 0.6) is 0 Å². The number of ether oxygens (including phenoxy) is 1. The van der Waals surface area contributed by atoms with Crippen molar-refractivity contribution in [3.63, 3.8) is 0 Å². The number of esters is 1. The van der Waals surface area contributed by atoms with Gasteiger partial charge in [-0.2, -0.15) is 0 Å². The molecule has 2 saturated heterocycles. The topological polar surface area (TPSA) is 58.6 Å². The van der Waals surface area contributed by atoms with Gasteiger partial charge in [0.25, 0.3) is 0 Å². The zero-order valence-electron chi connectivity index (χ0n) is 13.7. The number of Topliss-reactive ketones (excluding diaryl/α,β-unsaturated/α-hetero) is 1. The maximum absolute atomic E-state index is 12.5. The van der Waals surface area contributed by atoms with Crippen molar-refractivity contribution in [2.45, 2.75) is 44.7 Å². The quantitative estimate of drug-likeness (QED) is 0.671. The van der Waals surface area contributed by atoms with E-state index in [1.54, 1.807) is 0 Å². The minimum Gasteiger partial charge on any atom is -0.465 e. The van der Waals surface area contributed by atoms with E-state index in [1.165, 1.54) is 6.92 Å². The molecule has 6 heteroatoms. The van der Waals surface area contributed by atoms with Crippen molar-refractivity contribution in [1.82, 2.24) is 4.90 Å². The normalized spacial score (nSPS) is 26.0. The summed E-state index contributed by atoms with van der Waals surface area (Å²) < 4.78 is 5.14. The van der Waals surface area contributed by atoms with Crippen LogP contribution in [-0.4, -0.2) is 40.5 Å². The zero-order valence-corrected chi connectivity index (χ0v) is 14.6. The second-order valence-electron chi connectivity index (χ2n) is 6.44. The summed E-state index contributed by atoms with van der Waals surface area (Å²) in [5.41, 5.74) is 0.939. The number of hydrogen-bond donors (Lipinski definition) is 1. The number of nitrogens with zero attached hydrogens (tertiary/aromatic N) is 1. The Labute approximate surface area is 147 Å². The van der Waals surface area contributed by atoms with Crippen LogP contribution in [0.25, 0.3) is 0 Å². The Morgan fingerprint density at radius 3 is 2.79 bits per heavy atom. The third-order valence-electron chi connectivity index (χ3n) is 4.83. The first kappa shape index (κ1) is 16.9. The molecule has 5 nitrogen and oxygen atoms in total. The van der Waals surface area contributed by atoms with Gasteiger partial charge in [0.2, 0.25) is 0 Å². The van der Waals surface area contributed by atoms with E-state index in [9.17, 15) is 9.59 Å². The summed E-state index contributed by atoms with van der Waals surface area (Å²) in [5.74, 6) is -0.456. The van der Waals surface area contributed by atoms with E-state index in [1.807, 2.05) is 30.3 Å². The Bertz CT molecular complexity index is 634. The molecule has 0 amide bonds. The molecule has 0 radical (unpaired) electrons. The SMILES string of the molecule is CC(=O)OC[C@@H]1C(=O)C[C@H]2CCC[C@@H]1N2C(=S)Nc1ccccc1. The number of carbonyl (C=O) groups excluding carboxylic acids is 2.